The Morgan fingerprint density at radius 1 is 1.22 bits per heavy atom. The molecule has 1 fully saturated rings. The molecule has 0 spiro atoms. The zero-order valence-electron chi connectivity index (χ0n) is 18.6. The topological polar surface area (TPSA) is 108 Å². The predicted molar refractivity (Wildman–Crippen MR) is 123 cm³/mol. The molecule has 1 N–H and O–H groups in total. The number of sulfonamides is 1. The normalized spacial score (nSPS) is 17.0. The van der Waals surface area contributed by atoms with Crippen molar-refractivity contribution in [1.29, 1.82) is 0 Å². The van der Waals surface area contributed by atoms with Crippen LogP contribution in [0.5, 0.6) is 0 Å². The van der Waals surface area contributed by atoms with Crippen LogP contribution in [0.2, 0.25) is 0 Å². The van der Waals surface area contributed by atoms with Crippen molar-refractivity contribution in [2.45, 2.75) is 39.2 Å². The molecule has 0 unspecified atom stereocenters. The minimum atomic E-state index is -3.53. The van der Waals surface area contributed by atoms with Gasteiger partial charge in [0.1, 0.15) is 0 Å². The van der Waals surface area contributed by atoms with E-state index in [1.54, 1.807) is 43.0 Å². The van der Waals surface area contributed by atoms with E-state index in [0.717, 1.165) is 35.5 Å². The van der Waals surface area contributed by atoms with Gasteiger partial charge in [-0.1, -0.05) is 12.1 Å². The van der Waals surface area contributed by atoms with Crippen molar-refractivity contribution < 1.29 is 13.2 Å². The van der Waals surface area contributed by atoms with Gasteiger partial charge < -0.3 is 4.90 Å². The fraction of sp³-hybridized carbons (Fsp3) is 0.409. The van der Waals surface area contributed by atoms with Crippen LogP contribution in [-0.2, 0) is 10.0 Å². The molecule has 3 heterocycles. The lowest BCUT2D eigenvalue weighted by Gasteiger charge is -2.36. The van der Waals surface area contributed by atoms with Crippen molar-refractivity contribution in [3.63, 3.8) is 0 Å². The number of nitrogens with one attached hydrogen (secondary N) is 1. The van der Waals surface area contributed by atoms with Crippen molar-refractivity contribution in [3.8, 4) is 0 Å². The van der Waals surface area contributed by atoms with E-state index in [1.165, 1.54) is 11.6 Å². The summed E-state index contributed by atoms with van der Waals surface area (Å²) < 4.78 is 26.8. The number of para-hydroxylation sites is 1. The standard InChI is InChI=1S/C22H27N5O4S/c1-14-15(2)23-20-13-17(24-27(20)21(14)28)19-11-7-8-12-26(19)22(29)16-9-5-6-10-18(16)25(3)32(4,30)31/h5-6,9-10,13,19,24H,7-8,11-12H2,1-4H3/t19-/m0/s1. The minimum Gasteiger partial charge on any atom is -0.330 e. The molecule has 0 radical (unpaired) electrons. The average molecular weight is 458 g/mol. The number of hydrogen-bond donors (Lipinski definition) is 1. The molecule has 4 rings (SSSR count). The lowest BCUT2D eigenvalue weighted by molar-refractivity contribution is 0.0606. The average Bonchev–Trinajstić information content (AvgIpc) is 3.20. The molecule has 10 heteroatoms. The molecule has 1 amide bonds. The first-order valence-electron chi connectivity index (χ1n) is 10.5. The number of hydrogen-bond acceptors (Lipinski definition) is 5. The van der Waals surface area contributed by atoms with Gasteiger partial charge in [0.25, 0.3) is 11.5 Å². The number of H-pyrrole nitrogens is 1. The van der Waals surface area contributed by atoms with Crippen molar-refractivity contribution in [3.05, 3.63) is 63.2 Å². The van der Waals surface area contributed by atoms with E-state index in [9.17, 15) is 18.0 Å². The number of carbonyl (C=O) groups is 1. The molecule has 1 atom stereocenters. The van der Waals surface area contributed by atoms with Crippen molar-refractivity contribution in [2.24, 2.45) is 0 Å². The molecule has 0 aliphatic carbocycles. The summed E-state index contributed by atoms with van der Waals surface area (Å²) in [6, 6.07) is 8.26. The highest BCUT2D eigenvalue weighted by Crippen LogP contribution is 2.33. The Hall–Kier alpha value is -3.14. The highest BCUT2D eigenvalue weighted by Gasteiger charge is 2.32. The molecular weight excluding hydrogens is 430 g/mol. The van der Waals surface area contributed by atoms with Crippen LogP contribution in [0.4, 0.5) is 5.69 Å². The van der Waals surface area contributed by atoms with E-state index in [-0.39, 0.29) is 17.5 Å². The Labute approximate surface area is 186 Å². The van der Waals surface area contributed by atoms with Crippen LogP contribution < -0.4 is 9.86 Å². The smallest absolute Gasteiger partial charge is 0.275 e. The first-order valence-corrected chi connectivity index (χ1v) is 12.4. The molecular formula is C22H27N5O4S. The number of aromatic nitrogens is 3. The number of nitrogens with zero attached hydrogens (tertiary/aromatic N) is 4. The molecule has 170 valence electrons. The summed E-state index contributed by atoms with van der Waals surface area (Å²) in [4.78, 5) is 32.5. The molecule has 0 bridgehead atoms. The lowest BCUT2D eigenvalue weighted by atomic mass is 9.98. The Kier molecular flexibility index (Phi) is 5.58. The largest absolute Gasteiger partial charge is 0.330 e. The number of piperidine rings is 1. The molecule has 1 saturated heterocycles. The zero-order valence-corrected chi connectivity index (χ0v) is 19.4. The number of carbonyl (C=O) groups excluding carboxylic acids is 1. The predicted octanol–water partition coefficient (Wildman–Crippen LogP) is 2.40. The number of aryl methyl sites for hydroxylation is 1. The highest BCUT2D eigenvalue weighted by molar-refractivity contribution is 7.92. The van der Waals surface area contributed by atoms with Gasteiger partial charge in [-0.05, 0) is 45.2 Å². The van der Waals surface area contributed by atoms with Crippen molar-refractivity contribution in [1.82, 2.24) is 19.5 Å². The van der Waals surface area contributed by atoms with E-state index in [2.05, 4.69) is 10.1 Å². The summed E-state index contributed by atoms with van der Waals surface area (Å²) in [6.07, 6.45) is 3.63. The van der Waals surface area contributed by atoms with E-state index < -0.39 is 10.0 Å². The van der Waals surface area contributed by atoms with E-state index >= 15 is 0 Å². The molecule has 0 saturated carbocycles. The van der Waals surface area contributed by atoms with E-state index in [1.807, 2.05) is 6.07 Å². The minimum absolute atomic E-state index is 0.160. The number of fused-ring (bicyclic) bond motifs is 1. The number of amides is 1. The maximum atomic E-state index is 13.6. The number of likely N-dealkylation sites (tertiary alicyclic amines) is 1. The summed E-state index contributed by atoms with van der Waals surface area (Å²) in [6.45, 7) is 4.08. The van der Waals surface area contributed by atoms with Gasteiger partial charge in [0.15, 0.2) is 5.65 Å². The Bertz CT molecular complexity index is 1360. The van der Waals surface area contributed by atoms with Gasteiger partial charge in [0.05, 0.1) is 29.2 Å². The summed E-state index contributed by atoms with van der Waals surface area (Å²) in [5.74, 6) is -0.243. The molecule has 3 aromatic rings. The maximum absolute atomic E-state index is 13.6. The van der Waals surface area contributed by atoms with Gasteiger partial charge in [-0.15, -0.1) is 0 Å². The first kappa shape index (κ1) is 22.1. The second kappa shape index (κ2) is 8.09. The van der Waals surface area contributed by atoms with Crippen LogP contribution in [0.15, 0.2) is 35.1 Å². The third-order valence-corrected chi connectivity index (χ3v) is 7.39. The maximum Gasteiger partial charge on any atom is 0.275 e. The number of aromatic amines is 1. The van der Waals surface area contributed by atoms with Gasteiger partial charge in [-0.2, -0.15) is 0 Å². The fourth-order valence-corrected chi connectivity index (χ4v) is 4.69. The molecule has 9 nitrogen and oxygen atoms in total. The van der Waals surface area contributed by atoms with Crippen LogP contribution in [-0.4, -0.2) is 53.7 Å². The second-order valence-electron chi connectivity index (χ2n) is 8.29. The summed E-state index contributed by atoms with van der Waals surface area (Å²) in [5.41, 5.74) is 3.01. The summed E-state index contributed by atoms with van der Waals surface area (Å²) in [5, 5.41) is 3.14. The SMILES string of the molecule is Cc1nc2cc([C@@H]3CCCCN3C(=O)c3ccccc3N(C)S(C)(=O)=O)[nH]n2c(=O)c1C. The molecule has 2 aromatic heterocycles. The third kappa shape index (κ3) is 3.79. The highest BCUT2D eigenvalue weighted by atomic mass is 32.2. The fourth-order valence-electron chi connectivity index (χ4n) is 4.17. The number of benzene rings is 1. The van der Waals surface area contributed by atoms with E-state index in [0.29, 0.717) is 34.7 Å². The molecule has 1 aromatic carbocycles. The van der Waals surface area contributed by atoms with E-state index in [4.69, 9.17) is 0 Å². The third-order valence-electron chi connectivity index (χ3n) is 6.20. The second-order valence-corrected chi connectivity index (χ2v) is 10.3. The van der Waals surface area contributed by atoms with Crippen molar-refractivity contribution >= 4 is 27.3 Å². The lowest BCUT2D eigenvalue weighted by Crippen LogP contribution is -2.39. The number of anilines is 1. The van der Waals surface area contributed by atoms with Gasteiger partial charge in [-0.25, -0.2) is 17.9 Å². The summed E-state index contributed by atoms with van der Waals surface area (Å²) in [7, 11) is -2.09. The Morgan fingerprint density at radius 2 is 1.94 bits per heavy atom. The number of rotatable bonds is 4. The Balaban J connectivity index is 1.76. The summed E-state index contributed by atoms with van der Waals surface area (Å²) >= 11 is 0. The van der Waals surface area contributed by atoms with Crippen LogP contribution in [0.1, 0.15) is 52.6 Å². The zero-order chi connectivity index (χ0) is 23.2. The first-order chi connectivity index (χ1) is 15.1. The monoisotopic (exact) mass is 457 g/mol. The van der Waals surface area contributed by atoms with Gasteiger partial charge in [0.2, 0.25) is 10.0 Å². The molecule has 32 heavy (non-hydrogen) atoms. The van der Waals surface area contributed by atoms with Crippen LogP contribution >= 0.6 is 0 Å². The van der Waals surface area contributed by atoms with Gasteiger partial charge in [0, 0.05) is 30.9 Å². The van der Waals surface area contributed by atoms with Crippen molar-refractivity contribution in [2.75, 3.05) is 24.2 Å². The van der Waals surface area contributed by atoms with Crippen LogP contribution in [0.25, 0.3) is 5.65 Å². The van der Waals surface area contributed by atoms with Gasteiger partial charge >= 0.3 is 0 Å². The van der Waals surface area contributed by atoms with Gasteiger partial charge in [-0.3, -0.25) is 19.0 Å². The van der Waals surface area contributed by atoms with Crippen LogP contribution in [0, 0.1) is 13.8 Å². The molecule has 1 aliphatic heterocycles. The Morgan fingerprint density at radius 3 is 2.66 bits per heavy atom. The molecule has 1 aliphatic rings. The quantitative estimate of drug-likeness (QED) is 0.647. The van der Waals surface area contributed by atoms with Crippen LogP contribution in [0.3, 0.4) is 0 Å².